The Morgan fingerprint density at radius 3 is 0.870 bits per heavy atom. The van der Waals surface area contributed by atoms with E-state index < -0.39 is 12.1 Å². The fraction of sp³-hybridized carbons (Fsp3) is 0.620. The third kappa shape index (κ3) is 62.0. The molecule has 6 heteroatoms. The molecule has 434 valence electrons. The number of rotatable bonds is 55. The first-order chi connectivity index (χ1) is 38.0. The molecule has 0 N–H and O–H groups in total. The second kappa shape index (κ2) is 63.8. The van der Waals surface area contributed by atoms with Crippen molar-refractivity contribution in [3.63, 3.8) is 0 Å². The molecule has 0 aliphatic heterocycles. The average Bonchev–Trinajstić information content (AvgIpc) is 3.43. The molecule has 0 aromatic rings. The molecule has 0 radical (unpaired) electrons. The molecule has 0 amide bonds. The van der Waals surface area contributed by atoms with Gasteiger partial charge in [0.05, 0.1) is 0 Å². The molecule has 0 saturated carbocycles. The van der Waals surface area contributed by atoms with Gasteiger partial charge < -0.3 is 14.2 Å². The highest BCUT2D eigenvalue weighted by Gasteiger charge is 2.19. The molecule has 77 heavy (non-hydrogen) atoms. The molecule has 0 heterocycles. The number of ether oxygens (including phenoxy) is 3. The first-order valence-electron chi connectivity index (χ1n) is 31.3. The van der Waals surface area contributed by atoms with Gasteiger partial charge in [0.25, 0.3) is 0 Å². The van der Waals surface area contributed by atoms with Crippen LogP contribution in [0, 0.1) is 0 Å². The highest BCUT2D eigenvalue weighted by molar-refractivity contribution is 5.71. The first-order valence-corrected chi connectivity index (χ1v) is 31.3. The summed E-state index contributed by atoms with van der Waals surface area (Å²) >= 11 is 0. The SMILES string of the molecule is CC/C=C\C/C=C\C/C=C\C/C=C\C/C=C\C/C=C\CCC(=O)OC(COC(=O)CCCCCCCC/C=C\C/C=C\C/C=C\CCCCC)COC(=O)CCCCCCCC/C=C\C/C=C\C/C=C\CCCCCCC. The lowest BCUT2D eigenvalue weighted by atomic mass is 10.1. The van der Waals surface area contributed by atoms with E-state index in [2.05, 4.69) is 154 Å². The van der Waals surface area contributed by atoms with Crippen molar-refractivity contribution in [1.82, 2.24) is 0 Å². The van der Waals surface area contributed by atoms with E-state index in [4.69, 9.17) is 14.2 Å². The summed E-state index contributed by atoms with van der Waals surface area (Å²) in [5, 5.41) is 0. The maximum absolute atomic E-state index is 12.9. The summed E-state index contributed by atoms with van der Waals surface area (Å²) in [5.74, 6) is -1.04. The molecule has 1 unspecified atom stereocenters. The Labute approximate surface area is 474 Å². The normalized spacial score (nSPS) is 13.1. The van der Waals surface area contributed by atoms with Crippen molar-refractivity contribution in [2.45, 2.75) is 271 Å². The van der Waals surface area contributed by atoms with Crippen LogP contribution in [0.25, 0.3) is 0 Å². The van der Waals surface area contributed by atoms with E-state index >= 15 is 0 Å². The van der Waals surface area contributed by atoms with Crippen LogP contribution in [-0.4, -0.2) is 37.2 Å². The highest BCUT2D eigenvalue weighted by Crippen LogP contribution is 2.13. The fourth-order valence-electron chi connectivity index (χ4n) is 8.13. The minimum atomic E-state index is -0.838. The predicted octanol–water partition coefficient (Wildman–Crippen LogP) is 21.5. The molecule has 6 nitrogen and oxygen atoms in total. The van der Waals surface area contributed by atoms with E-state index in [1.807, 2.05) is 12.2 Å². The van der Waals surface area contributed by atoms with Gasteiger partial charge in [0, 0.05) is 19.3 Å². The van der Waals surface area contributed by atoms with E-state index in [1.54, 1.807) is 0 Å². The van der Waals surface area contributed by atoms with Gasteiger partial charge in [-0.25, -0.2) is 0 Å². The van der Waals surface area contributed by atoms with Crippen molar-refractivity contribution in [1.29, 1.82) is 0 Å². The maximum atomic E-state index is 12.9. The molecule has 0 aromatic heterocycles. The molecule has 0 aliphatic rings. The number of allylic oxidation sites excluding steroid dienone is 24. The van der Waals surface area contributed by atoms with E-state index in [9.17, 15) is 14.4 Å². The van der Waals surface area contributed by atoms with Crippen molar-refractivity contribution in [2.75, 3.05) is 13.2 Å². The maximum Gasteiger partial charge on any atom is 0.306 e. The Bertz CT molecular complexity index is 1700. The van der Waals surface area contributed by atoms with Crippen molar-refractivity contribution >= 4 is 17.9 Å². The number of hydrogen-bond donors (Lipinski definition) is 0. The summed E-state index contributed by atoms with van der Waals surface area (Å²) in [6, 6.07) is 0. The minimum absolute atomic E-state index is 0.125. The third-order valence-electron chi connectivity index (χ3n) is 12.8. The molecule has 0 fully saturated rings. The molecule has 0 bridgehead atoms. The van der Waals surface area contributed by atoms with Crippen LogP contribution in [0.3, 0.4) is 0 Å². The smallest absolute Gasteiger partial charge is 0.306 e. The molecule has 0 spiro atoms. The zero-order chi connectivity index (χ0) is 55.7. The van der Waals surface area contributed by atoms with Crippen LogP contribution >= 0.6 is 0 Å². The monoisotopic (exact) mass is 1060 g/mol. The van der Waals surface area contributed by atoms with Crippen LogP contribution in [0.2, 0.25) is 0 Å². The molecule has 0 saturated heterocycles. The van der Waals surface area contributed by atoms with Gasteiger partial charge in [0.15, 0.2) is 6.10 Å². The molecule has 1 atom stereocenters. The summed E-state index contributed by atoms with van der Waals surface area (Å²) < 4.78 is 16.8. The van der Waals surface area contributed by atoms with Crippen molar-refractivity contribution < 1.29 is 28.6 Å². The van der Waals surface area contributed by atoms with Crippen LogP contribution in [0.4, 0.5) is 0 Å². The molecular formula is C71H114O6. The van der Waals surface area contributed by atoms with Gasteiger partial charge in [-0.15, -0.1) is 0 Å². The lowest BCUT2D eigenvalue weighted by Crippen LogP contribution is -2.30. The standard InChI is InChI=1S/C71H114O6/c1-4-7-10-13-16-19-22-25-28-31-34-35-38-40-43-46-49-52-55-58-61-64-70(73)76-67-68(77-71(74)65-62-59-56-53-50-47-44-41-37-33-30-27-24-21-18-15-12-9-6-3)66-75-69(72)63-60-57-54-51-48-45-42-39-36-32-29-26-23-20-17-14-11-8-5-2/h9,12,17-18,20-22,25-27,29-31,34,36-41,47,50,56,59,68H,4-8,10-11,13-16,19,23-24,28,32-33,35,42-46,48-49,51-55,57-58,60-67H2,1-3H3/b12-9-,20-17-,21-18-,25-22-,29-26-,30-27-,34-31-,39-36-,40-38-,41-37-,50-47-,59-56-. The van der Waals surface area contributed by atoms with Gasteiger partial charge in [-0.2, -0.15) is 0 Å². The molecule has 0 aliphatic carbocycles. The number of esters is 3. The highest BCUT2D eigenvalue weighted by atomic mass is 16.6. The van der Waals surface area contributed by atoms with E-state index in [0.717, 1.165) is 128 Å². The van der Waals surface area contributed by atoms with Crippen LogP contribution in [0.1, 0.15) is 265 Å². The number of carbonyl (C=O) groups is 3. The summed E-state index contributed by atoms with van der Waals surface area (Å²) in [4.78, 5) is 38.3. The third-order valence-corrected chi connectivity index (χ3v) is 12.8. The second-order valence-corrected chi connectivity index (χ2v) is 20.2. The van der Waals surface area contributed by atoms with E-state index in [0.29, 0.717) is 19.3 Å². The summed E-state index contributed by atoms with van der Waals surface area (Å²) in [6.45, 7) is 6.40. The number of carbonyl (C=O) groups excluding carboxylic acids is 3. The second-order valence-electron chi connectivity index (χ2n) is 20.2. The molecular weight excluding hydrogens is 949 g/mol. The fourth-order valence-corrected chi connectivity index (χ4v) is 8.13. The van der Waals surface area contributed by atoms with Crippen LogP contribution in [0.15, 0.2) is 146 Å². The lowest BCUT2D eigenvalue weighted by molar-refractivity contribution is -0.166. The topological polar surface area (TPSA) is 78.9 Å². The van der Waals surface area contributed by atoms with E-state index in [-0.39, 0.29) is 31.6 Å². The summed E-state index contributed by atoms with van der Waals surface area (Å²) in [7, 11) is 0. The van der Waals surface area contributed by atoms with Crippen LogP contribution in [0.5, 0.6) is 0 Å². The summed E-state index contributed by atoms with van der Waals surface area (Å²) in [6.07, 6.45) is 91.3. The Kier molecular flexibility index (Phi) is 59.9. The Hall–Kier alpha value is -4.71. The van der Waals surface area contributed by atoms with Crippen LogP contribution < -0.4 is 0 Å². The number of hydrogen-bond acceptors (Lipinski definition) is 6. The van der Waals surface area contributed by atoms with Gasteiger partial charge in [-0.1, -0.05) is 256 Å². The largest absolute Gasteiger partial charge is 0.462 e. The van der Waals surface area contributed by atoms with Gasteiger partial charge in [-0.3, -0.25) is 14.4 Å². The van der Waals surface area contributed by atoms with Gasteiger partial charge in [0.1, 0.15) is 13.2 Å². The zero-order valence-corrected chi connectivity index (χ0v) is 49.7. The lowest BCUT2D eigenvalue weighted by Gasteiger charge is -2.18. The van der Waals surface area contributed by atoms with Crippen molar-refractivity contribution in [2.24, 2.45) is 0 Å². The van der Waals surface area contributed by atoms with Crippen LogP contribution in [-0.2, 0) is 28.6 Å². The zero-order valence-electron chi connectivity index (χ0n) is 49.7. The Morgan fingerprint density at radius 1 is 0.273 bits per heavy atom. The molecule has 0 rings (SSSR count). The Morgan fingerprint density at radius 2 is 0.532 bits per heavy atom. The van der Waals surface area contributed by atoms with Crippen molar-refractivity contribution in [3.05, 3.63) is 146 Å². The van der Waals surface area contributed by atoms with Gasteiger partial charge >= 0.3 is 17.9 Å². The van der Waals surface area contributed by atoms with Crippen molar-refractivity contribution in [3.8, 4) is 0 Å². The number of unbranched alkanes of at least 4 members (excludes halogenated alkanes) is 20. The average molecular weight is 1060 g/mol. The molecule has 0 aromatic carbocycles. The van der Waals surface area contributed by atoms with E-state index in [1.165, 1.54) is 89.9 Å². The van der Waals surface area contributed by atoms with Gasteiger partial charge in [-0.05, 0) is 135 Å². The first kappa shape index (κ1) is 72.3. The summed E-state index contributed by atoms with van der Waals surface area (Å²) in [5.41, 5.74) is 0. The van der Waals surface area contributed by atoms with Gasteiger partial charge in [0.2, 0.25) is 0 Å². The Balaban J connectivity index is 4.57. The predicted molar refractivity (Wildman–Crippen MR) is 334 cm³/mol. The quantitative estimate of drug-likeness (QED) is 0.0261. The minimum Gasteiger partial charge on any atom is -0.462 e.